The summed E-state index contributed by atoms with van der Waals surface area (Å²) in [5.41, 5.74) is 5.94. The Balaban J connectivity index is 1.61. The minimum Gasteiger partial charge on any atom is -0.374 e. The molecule has 3 nitrogen and oxygen atoms in total. The standard InChI is InChI=1S/C14H28N2O/c15-13-14(7-2-1-3-8-14)17-12-6-11-16-9-4-5-10-16/h1-13,15H2. The maximum Gasteiger partial charge on any atom is 0.0804 e. The van der Waals surface area contributed by atoms with E-state index in [1.54, 1.807) is 0 Å². The Morgan fingerprint density at radius 3 is 2.35 bits per heavy atom. The van der Waals surface area contributed by atoms with E-state index in [0.717, 1.165) is 6.61 Å². The molecule has 2 N–H and O–H groups in total. The molecule has 0 atom stereocenters. The predicted molar refractivity (Wildman–Crippen MR) is 71.1 cm³/mol. The first-order chi connectivity index (χ1) is 8.35. The quantitative estimate of drug-likeness (QED) is 0.723. The van der Waals surface area contributed by atoms with Crippen molar-refractivity contribution in [3.05, 3.63) is 0 Å². The molecule has 0 bridgehead atoms. The van der Waals surface area contributed by atoms with Gasteiger partial charge in [-0.2, -0.15) is 0 Å². The molecule has 2 rings (SSSR count). The lowest BCUT2D eigenvalue weighted by Gasteiger charge is -2.36. The summed E-state index contributed by atoms with van der Waals surface area (Å²) in [5.74, 6) is 0. The van der Waals surface area contributed by atoms with Crippen molar-refractivity contribution >= 4 is 0 Å². The number of likely N-dealkylation sites (tertiary alicyclic amines) is 1. The van der Waals surface area contributed by atoms with Crippen molar-refractivity contribution in [2.24, 2.45) is 5.73 Å². The molecule has 2 fully saturated rings. The lowest BCUT2D eigenvalue weighted by molar-refractivity contribution is -0.0651. The van der Waals surface area contributed by atoms with Gasteiger partial charge in [0.15, 0.2) is 0 Å². The summed E-state index contributed by atoms with van der Waals surface area (Å²) >= 11 is 0. The van der Waals surface area contributed by atoms with Crippen LogP contribution >= 0.6 is 0 Å². The number of hydrogen-bond acceptors (Lipinski definition) is 3. The van der Waals surface area contributed by atoms with Gasteiger partial charge >= 0.3 is 0 Å². The Hall–Kier alpha value is -0.120. The third kappa shape index (κ3) is 3.94. The summed E-state index contributed by atoms with van der Waals surface area (Å²) in [6, 6.07) is 0. The second-order valence-electron chi connectivity index (χ2n) is 5.70. The molecular formula is C14H28N2O. The molecule has 1 aliphatic heterocycles. The molecule has 1 saturated carbocycles. The number of nitrogens with two attached hydrogens (primary N) is 1. The molecule has 0 aromatic heterocycles. The van der Waals surface area contributed by atoms with E-state index in [9.17, 15) is 0 Å². The Bertz CT molecular complexity index is 208. The molecule has 0 spiro atoms. The Labute approximate surface area is 106 Å². The van der Waals surface area contributed by atoms with Gasteiger partial charge in [-0.15, -0.1) is 0 Å². The summed E-state index contributed by atoms with van der Waals surface area (Å²) in [5, 5.41) is 0. The molecule has 2 aliphatic rings. The van der Waals surface area contributed by atoms with E-state index in [4.69, 9.17) is 10.5 Å². The van der Waals surface area contributed by atoms with Crippen LogP contribution in [-0.2, 0) is 4.74 Å². The fourth-order valence-corrected chi connectivity index (χ4v) is 3.19. The summed E-state index contributed by atoms with van der Waals surface area (Å²) < 4.78 is 6.13. The van der Waals surface area contributed by atoms with Crippen LogP contribution in [-0.4, -0.2) is 43.3 Å². The zero-order valence-corrected chi connectivity index (χ0v) is 11.1. The van der Waals surface area contributed by atoms with Crippen molar-refractivity contribution in [2.45, 2.75) is 57.0 Å². The van der Waals surface area contributed by atoms with Gasteiger partial charge in [0, 0.05) is 19.7 Å². The van der Waals surface area contributed by atoms with Crippen LogP contribution in [0.1, 0.15) is 51.4 Å². The minimum atomic E-state index is 0.0310. The molecule has 17 heavy (non-hydrogen) atoms. The van der Waals surface area contributed by atoms with Crippen LogP contribution in [0.15, 0.2) is 0 Å². The Morgan fingerprint density at radius 2 is 1.71 bits per heavy atom. The molecule has 1 saturated heterocycles. The molecule has 3 heteroatoms. The highest BCUT2D eigenvalue weighted by Gasteiger charge is 2.31. The lowest BCUT2D eigenvalue weighted by Crippen LogP contribution is -2.43. The lowest BCUT2D eigenvalue weighted by atomic mass is 9.85. The molecule has 0 amide bonds. The van der Waals surface area contributed by atoms with E-state index < -0.39 is 0 Å². The molecule has 1 heterocycles. The van der Waals surface area contributed by atoms with Crippen molar-refractivity contribution in [1.29, 1.82) is 0 Å². The summed E-state index contributed by atoms with van der Waals surface area (Å²) in [6.45, 7) is 5.40. The Kier molecular flexibility index (Phi) is 5.26. The second-order valence-corrected chi connectivity index (χ2v) is 5.70. The average molecular weight is 240 g/mol. The minimum absolute atomic E-state index is 0.0310. The zero-order chi connectivity index (χ0) is 12.0. The largest absolute Gasteiger partial charge is 0.374 e. The van der Waals surface area contributed by atoms with E-state index in [1.165, 1.54) is 71.0 Å². The number of rotatable bonds is 6. The van der Waals surface area contributed by atoms with Gasteiger partial charge in [0.05, 0.1) is 5.60 Å². The molecule has 0 radical (unpaired) electrons. The summed E-state index contributed by atoms with van der Waals surface area (Å²) in [7, 11) is 0. The van der Waals surface area contributed by atoms with Crippen LogP contribution in [0.25, 0.3) is 0 Å². The molecule has 100 valence electrons. The van der Waals surface area contributed by atoms with Crippen LogP contribution in [0.4, 0.5) is 0 Å². The van der Waals surface area contributed by atoms with Crippen molar-refractivity contribution in [3.63, 3.8) is 0 Å². The SMILES string of the molecule is NCC1(OCCCN2CCCC2)CCCCC1. The van der Waals surface area contributed by atoms with Gasteiger partial charge in [0.2, 0.25) is 0 Å². The molecule has 0 aromatic rings. The van der Waals surface area contributed by atoms with Gasteiger partial charge in [-0.05, 0) is 45.2 Å². The van der Waals surface area contributed by atoms with E-state index in [2.05, 4.69) is 4.90 Å². The Morgan fingerprint density at radius 1 is 1.00 bits per heavy atom. The first kappa shape index (κ1) is 13.3. The van der Waals surface area contributed by atoms with Crippen molar-refractivity contribution in [3.8, 4) is 0 Å². The van der Waals surface area contributed by atoms with Gasteiger partial charge in [0.25, 0.3) is 0 Å². The van der Waals surface area contributed by atoms with Gasteiger partial charge < -0.3 is 15.4 Å². The van der Waals surface area contributed by atoms with E-state index in [-0.39, 0.29) is 5.60 Å². The summed E-state index contributed by atoms with van der Waals surface area (Å²) in [4.78, 5) is 2.55. The highest BCUT2D eigenvalue weighted by molar-refractivity contribution is 4.85. The summed E-state index contributed by atoms with van der Waals surface area (Å²) in [6.07, 6.45) is 10.2. The topological polar surface area (TPSA) is 38.5 Å². The van der Waals surface area contributed by atoms with Crippen molar-refractivity contribution in [2.75, 3.05) is 32.8 Å². The normalized spacial score (nSPS) is 25.2. The first-order valence-electron chi connectivity index (χ1n) is 7.41. The number of hydrogen-bond donors (Lipinski definition) is 1. The van der Waals surface area contributed by atoms with E-state index in [0.29, 0.717) is 6.54 Å². The molecule has 0 aromatic carbocycles. The van der Waals surface area contributed by atoms with Crippen LogP contribution in [0.5, 0.6) is 0 Å². The van der Waals surface area contributed by atoms with Crippen molar-refractivity contribution in [1.82, 2.24) is 4.90 Å². The van der Waals surface area contributed by atoms with Crippen LogP contribution < -0.4 is 5.73 Å². The highest BCUT2D eigenvalue weighted by Crippen LogP contribution is 2.30. The van der Waals surface area contributed by atoms with Crippen molar-refractivity contribution < 1.29 is 4.74 Å². The second kappa shape index (κ2) is 6.72. The monoisotopic (exact) mass is 240 g/mol. The third-order valence-corrected chi connectivity index (χ3v) is 4.36. The van der Waals surface area contributed by atoms with Gasteiger partial charge in [-0.1, -0.05) is 19.3 Å². The van der Waals surface area contributed by atoms with E-state index >= 15 is 0 Å². The van der Waals surface area contributed by atoms with Gasteiger partial charge in [0.1, 0.15) is 0 Å². The zero-order valence-electron chi connectivity index (χ0n) is 11.1. The van der Waals surface area contributed by atoms with Crippen LogP contribution in [0, 0.1) is 0 Å². The fraction of sp³-hybridized carbons (Fsp3) is 1.00. The van der Waals surface area contributed by atoms with Gasteiger partial charge in [-0.25, -0.2) is 0 Å². The molecule has 0 unspecified atom stereocenters. The fourth-order valence-electron chi connectivity index (χ4n) is 3.19. The highest BCUT2D eigenvalue weighted by atomic mass is 16.5. The predicted octanol–water partition coefficient (Wildman–Crippen LogP) is 2.15. The van der Waals surface area contributed by atoms with Crippen LogP contribution in [0.3, 0.4) is 0 Å². The van der Waals surface area contributed by atoms with Gasteiger partial charge in [-0.3, -0.25) is 0 Å². The van der Waals surface area contributed by atoms with Crippen LogP contribution in [0.2, 0.25) is 0 Å². The third-order valence-electron chi connectivity index (χ3n) is 4.36. The smallest absolute Gasteiger partial charge is 0.0804 e. The number of nitrogens with zero attached hydrogens (tertiary/aromatic N) is 1. The van der Waals surface area contributed by atoms with E-state index in [1.807, 2.05) is 0 Å². The number of ether oxygens (including phenoxy) is 1. The first-order valence-corrected chi connectivity index (χ1v) is 7.41. The maximum absolute atomic E-state index is 6.13. The molecule has 1 aliphatic carbocycles. The maximum atomic E-state index is 6.13. The molecular weight excluding hydrogens is 212 g/mol. The average Bonchev–Trinajstić information content (AvgIpc) is 2.89.